The third-order valence-electron chi connectivity index (χ3n) is 2.21. The van der Waals surface area contributed by atoms with Gasteiger partial charge in [0.05, 0.1) is 6.04 Å². The van der Waals surface area contributed by atoms with Crippen LogP contribution in [0.25, 0.3) is 0 Å². The summed E-state index contributed by atoms with van der Waals surface area (Å²) in [5.41, 5.74) is 0. The molecule has 0 unspecified atom stereocenters. The van der Waals surface area contributed by atoms with Gasteiger partial charge in [-0.1, -0.05) is 0 Å². The highest BCUT2D eigenvalue weighted by atomic mass is 16.3. The molecule has 1 aliphatic heterocycles. The van der Waals surface area contributed by atoms with Gasteiger partial charge >= 0.3 is 0 Å². The number of amides is 1. The molecule has 0 aliphatic carbocycles. The predicted molar refractivity (Wildman–Crippen MR) is 43.5 cm³/mol. The predicted octanol–water partition coefficient (Wildman–Crippen LogP) is -0.651. The molecule has 4 heteroatoms. The Labute approximate surface area is 71.8 Å². The summed E-state index contributed by atoms with van der Waals surface area (Å²) in [5, 5.41) is 17.9. The van der Waals surface area contributed by atoms with Crippen molar-refractivity contribution in [3.05, 3.63) is 0 Å². The van der Waals surface area contributed by atoms with Crippen LogP contribution in [0.3, 0.4) is 0 Å². The number of hydrogen-bond donors (Lipinski definition) is 2. The molecule has 0 saturated carbocycles. The molecule has 0 aromatic heterocycles. The zero-order valence-corrected chi connectivity index (χ0v) is 7.40. The fourth-order valence-corrected chi connectivity index (χ4v) is 1.62. The second-order valence-electron chi connectivity index (χ2n) is 3.36. The summed E-state index contributed by atoms with van der Waals surface area (Å²) in [6, 6.07) is -0.0695. The van der Waals surface area contributed by atoms with Crippen LogP contribution in [-0.2, 0) is 4.79 Å². The standard InChI is InChI=1S/C8H15NO3/c1-5(2)9-6(3-4-10)7(11)8(9)12/h5-7,10-11H,3-4H2,1-2H3/t6-,7+/m0/s1. The van der Waals surface area contributed by atoms with Gasteiger partial charge in [-0.2, -0.15) is 0 Å². The topological polar surface area (TPSA) is 60.8 Å². The fourth-order valence-electron chi connectivity index (χ4n) is 1.62. The van der Waals surface area contributed by atoms with Gasteiger partial charge in [-0.15, -0.1) is 0 Å². The molecule has 1 rings (SSSR count). The third-order valence-corrected chi connectivity index (χ3v) is 2.21. The van der Waals surface area contributed by atoms with E-state index in [2.05, 4.69) is 0 Å². The highest BCUT2D eigenvalue weighted by Crippen LogP contribution is 2.24. The van der Waals surface area contributed by atoms with E-state index in [1.54, 1.807) is 4.90 Å². The van der Waals surface area contributed by atoms with Gasteiger partial charge in [-0.05, 0) is 20.3 Å². The Morgan fingerprint density at radius 2 is 2.17 bits per heavy atom. The van der Waals surface area contributed by atoms with Gasteiger partial charge in [-0.25, -0.2) is 0 Å². The number of β-lactam (4-membered cyclic amide) rings is 1. The molecule has 1 aliphatic rings. The Morgan fingerprint density at radius 3 is 2.58 bits per heavy atom. The number of nitrogens with zero attached hydrogens (tertiary/aromatic N) is 1. The quantitative estimate of drug-likeness (QED) is 0.557. The van der Waals surface area contributed by atoms with Crippen molar-refractivity contribution in [2.24, 2.45) is 0 Å². The second-order valence-corrected chi connectivity index (χ2v) is 3.36. The van der Waals surface area contributed by atoms with Gasteiger partial charge < -0.3 is 15.1 Å². The van der Waals surface area contributed by atoms with Crippen LogP contribution in [0.15, 0.2) is 0 Å². The molecule has 4 nitrogen and oxygen atoms in total. The summed E-state index contributed by atoms with van der Waals surface area (Å²) >= 11 is 0. The average molecular weight is 173 g/mol. The molecule has 70 valence electrons. The number of aliphatic hydroxyl groups excluding tert-OH is 2. The van der Waals surface area contributed by atoms with Crippen LogP contribution in [0.4, 0.5) is 0 Å². The second kappa shape index (κ2) is 3.41. The zero-order chi connectivity index (χ0) is 9.30. The van der Waals surface area contributed by atoms with Crippen molar-refractivity contribution in [1.82, 2.24) is 4.90 Å². The lowest BCUT2D eigenvalue weighted by Crippen LogP contribution is -2.66. The number of hydrogen-bond acceptors (Lipinski definition) is 3. The normalized spacial score (nSPS) is 29.4. The summed E-state index contributed by atoms with van der Waals surface area (Å²) in [7, 11) is 0. The van der Waals surface area contributed by atoms with Crippen molar-refractivity contribution in [2.45, 2.75) is 38.5 Å². The molecule has 0 spiro atoms. The fraction of sp³-hybridized carbons (Fsp3) is 0.875. The van der Waals surface area contributed by atoms with Gasteiger partial charge in [0.15, 0.2) is 6.10 Å². The van der Waals surface area contributed by atoms with Crippen molar-refractivity contribution in [2.75, 3.05) is 6.61 Å². The maximum Gasteiger partial charge on any atom is 0.254 e. The van der Waals surface area contributed by atoms with Gasteiger partial charge in [0.2, 0.25) is 0 Å². The van der Waals surface area contributed by atoms with Gasteiger partial charge in [0.1, 0.15) is 0 Å². The molecule has 0 bridgehead atoms. The Morgan fingerprint density at radius 1 is 1.58 bits per heavy atom. The largest absolute Gasteiger partial charge is 0.396 e. The van der Waals surface area contributed by atoms with Crippen LogP contribution in [0.2, 0.25) is 0 Å². The number of likely N-dealkylation sites (tertiary alicyclic amines) is 1. The van der Waals surface area contributed by atoms with Crippen molar-refractivity contribution < 1.29 is 15.0 Å². The van der Waals surface area contributed by atoms with Gasteiger partial charge in [0, 0.05) is 12.6 Å². The first-order valence-corrected chi connectivity index (χ1v) is 4.20. The van der Waals surface area contributed by atoms with E-state index in [0.717, 1.165) is 0 Å². The molecule has 2 atom stereocenters. The van der Waals surface area contributed by atoms with E-state index in [9.17, 15) is 9.90 Å². The first kappa shape index (κ1) is 9.48. The summed E-state index contributed by atoms with van der Waals surface area (Å²) in [6.45, 7) is 3.81. The molecule has 1 fully saturated rings. The van der Waals surface area contributed by atoms with Crippen molar-refractivity contribution in [3.63, 3.8) is 0 Å². The minimum Gasteiger partial charge on any atom is -0.396 e. The number of rotatable bonds is 3. The maximum atomic E-state index is 11.1. The third kappa shape index (κ3) is 1.32. The molecule has 1 saturated heterocycles. The van der Waals surface area contributed by atoms with Crippen molar-refractivity contribution >= 4 is 5.91 Å². The summed E-state index contributed by atoms with van der Waals surface area (Å²) in [4.78, 5) is 12.7. The smallest absolute Gasteiger partial charge is 0.254 e. The summed E-state index contributed by atoms with van der Waals surface area (Å²) in [5.74, 6) is -0.219. The van der Waals surface area contributed by atoms with Gasteiger partial charge in [-0.3, -0.25) is 4.79 Å². The molecule has 1 amide bonds. The molecular weight excluding hydrogens is 158 g/mol. The minimum atomic E-state index is -0.889. The first-order valence-electron chi connectivity index (χ1n) is 4.20. The monoisotopic (exact) mass is 173 g/mol. The van der Waals surface area contributed by atoms with Crippen LogP contribution in [0.1, 0.15) is 20.3 Å². The average Bonchev–Trinajstić information content (AvgIpc) is 2.02. The number of carbonyl (C=O) groups is 1. The van der Waals surface area contributed by atoms with Crippen LogP contribution in [-0.4, -0.2) is 45.8 Å². The van der Waals surface area contributed by atoms with Crippen LogP contribution in [0.5, 0.6) is 0 Å². The Kier molecular flexibility index (Phi) is 2.69. The van der Waals surface area contributed by atoms with Crippen molar-refractivity contribution in [3.8, 4) is 0 Å². The molecular formula is C8H15NO3. The first-order chi connectivity index (χ1) is 5.59. The lowest BCUT2D eigenvalue weighted by Gasteiger charge is -2.47. The van der Waals surface area contributed by atoms with E-state index in [1.807, 2.05) is 13.8 Å². The van der Waals surface area contributed by atoms with E-state index in [4.69, 9.17) is 5.11 Å². The lowest BCUT2D eigenvalue weighted by molar-refractivity contribution is -0.171. The van der Waals surface area contributed by atoms with E-state index in [0.29, 0.717) is 6.42 Å². The van der Waals surface area contributed by atoms with E-state index < -0.39 is 6.10 Å². The molecule has 0 aromatic carbocycles. The van der Waals surface area contributed by atoms with E-state index in [1.165, 1.54) is 0 Å². The molecule has 12 heavy (non-hydrogen) atoms. The number of aliphatic hydroxyl groups is 2. The van der Waals surface area contributed by atoms with Crippen LogP contribution in [0, 0.1) is 0 Å². The Balaban J connectivity index is 2.55. The zero-order valence-electron chi connectivity index (χ0n) is 7.40. The SMILES string of the molecule is CC(C)N1C(=O)[C@H](O)[C@@H]1CCO. The maximum absolute atomic E-state index is 11.1. The van der Waals surface area contributed by atoms with Crippen LogP contribution < -0.4 is 0 Å². The lowest BCUT2D eigenvalue weighted by atomic mass is 9.93. The summed E-state index contributed by atoms with van der Waals surface area (Å²) in [6.07, 6.45) is -0.426. The highest BCUT2D eigenvalue weighted by Gasteiger charge is 2.46. The molecule has 0 radical (unpaired) electrons. The molecule has 2 N–H and O–H groups in total. The minimum absolute atomic E-state index is 0.0121. The molecule has 1 heterocycles. The Hall–Kier alpha value is -0.610. The highest BCUT2D eigenvalue weighted by molar-refractivity contribution is 5.88. The van der Waals surface area contributed by atoms with Crippen molar-refractivity contribution in [1.29, 1.82) is 0 Å². The van der Waals surface area contributed by atoms with Gasteiger partial charge in [0.25, 0.3) is 5.91 Å². The summed E-state index contributed by atoms with van der Waals surface area (Å²) < 4.78 is 0. The van der Waals surface area contributed by atoms with E-state index >= 15 is 0 Å². The van der Waals surface area contributed by atoms with E-state index in [-0.39, 0.29) is 24.6 Å². The Bertz CT molecular complexity index is 181. The number of carbonyl (C=O) groups excluding carboxylic acids is 1. The van der Waals surface area contributed by atoms with Crippen LogP contribution >= 0.6 is 0 Å². The molecule has 0 aromatic rings.